The van der Waals surface area contributed by atoms with Gasteiger partial charge in [0.1, 0.15) is 0 Å². The van der Waals surface area contributed by atoms with E-state index in [2.05, 4.69) is 15.3 Å². The van der Waals surface area contributed by atoms with Crippen LogP contribution in [0.5, 0.6) is 11.5 Å². The predicted octanol–water partition coefficient (Wildman–Crippen LogP) is 1.27. The second-order valence-electron chi connectivity index (χ2n) is 3.61. The molecule has 0 aliphatic rings. The summed E-state index contributed by atoms with van der Waals surface area (Å²) in [5, 5.41) is 21.6. The summed E-state index contributed by atoms with van der Waals surface area (Å²) >= 11 is 0. The Morgan fingerprint density at radius 1 is 1.18 bits per heavy atom. The Bertz CT molecular complexity index is 529. The van der Waals surface area contributed by atoms with Crippen LogP contribution in [0.3, 0.4) is 0 Å². The molecular formula is C12H13N3O2. The highest BCUT2D eigenvalue weighted by Gasteiger charge is 2.06. The Morgan fingerprint density at radius 2 is 2.00 bits per heavy atom. The number of hydrogen-bond acceptors (Lipinski definition) is 5. The van der Waals surface area contributed by atoms with Crippen molar-refractivity contribution in [3.05, 3.63) is 36.2 Å². The molecule has 0 aliphatic heterocycles. The summed E-state index contributed by atoms with van der Waals surface area (Å²) in [7, 11) is 1.84. The maximum absolute atomic E-state index is 9.42. The molecule has 1 aromatic carbocycles. The molecule has 5 nitrogen and oxygen atoms in total. The van der Waals surface area contributed by atoms with Crippen molar-refractivity contribution in [3.63, 3.8) is 0 Å². The van der Waals surface area contributed by atoms with Crippen molar-refractivity contribution in [1.82, 2.24) is 15.3 Å². The number of nitrogens with one attached hydrogen (secondary N) is 1. The second-order valence-corrected chi connectivity index (χ2v) is 3.61. The molecule has 2 aromatic rings. The Morgan fingerprint density at radius 3 is 2.71 bits per heavy atom. The number of rotatable bonds is 3. The molecule has 0 unspecified atom stereocenters. The fraction of sp³-hybridized carbons (Fsp3) is 0.167. The van der Waals surface area contributed by atoms with Gasteiger partial charge in [-0.2, -0.15) is 0 Å². The van der Waals surface area contributed by atoms with Crippen molar-refractivity contribution < 1.29 is 10.2 Å². The predicted molar refractivity (Wildman–Crippen MR) is 63.6 cm³/mol. The van der Waals surface area contributed by atoms with E-state index in [-0.39, 0.29) is 11.5 Å². The summed E-state index contributed by atoms with van der Waals surface area (Å²) in [5.74, 6) is 0.193. The summed E-state index contributed by atoms with van der Waals surface area (Å²) in [6, 6.07) is 6.33. The summed E-state index contributed by atoms with van der Waals surface area (Å²) in [6.45, 7) is 0.652. The Labute approximate surface area is 98.8 Å². The van der Waals surface area contributed by atoms with E-state index in [9.17, 15) is 10.2 Å². The van der Waals surface area contributed by atoms with Crippen molar-refractivity contribution in [2.75, 3.05) is 7.05 Å². The van der Waals surface area contributed by atoms with Gasteiger partial charge in [0.25, 0.3) is 0 Å². The molecule has 0 spiro atoms. The number of phenolic OH excluding ortho intramolecular Hbond substituents is 2. The fourth-order valence-electron chi connectivity index (χ4n) is 1.48. The van der Waals surface area contributed by atoms with Crippen molar-refractivity contribution in [2.24, 2.45) is 0 Å². The lowest BCUT2D eigenvalue weighted by Crippen LogP contribution is -2.07. The maximum Gasteiger partial charge on any atom is 0.159 e. The molecule has 0 saturated carbocycles. The van der Waals surface area contributed by atoms with E-state index in [0.717, 1.165) is 5.69 Å². The van der Waals surface area contributed by atoms with Crippen LogP contribution in [0.2, 0.25) is 0 Å². The van der Waals surface area contributed by atoms with Crippen LogP contribution in [0.4, 0.5) is 0 Å². The van der Waals surface area contributed by atoms with Gasteiger partial charge in [-0.25, -0.2) is 9.97 Å². The van der Waals surface area contributed by atoms with Crippen LogP contribution in [0.1, 0.15) is 5.69 Å². The van der Waals surface area contributed by atoms with Crippen LogP contribution >= 0.6 is 0 Å². The molecule has 0 fully saturated rings. The minimum absolute atomic E-state index is 0.153. The van der Waals surface area contributed by atoms with Gasteiger partial charge in [0.15, 0.2) is 17.3 Å². The number of aromatic nitrogens is 2. The fourth-order valence-corrected chi connectivity index (χ4v) is 1.48. The van der Waals surface area contributed by atoms with Crippen molar-refractivity contribution in [2.45, 2.75) is 6.54 Å². The smallest absolute Gasteiger partial charge is 0.159 e. The standard InChI is InChI=1S/C12H13N3O2/c1-13-7-9-4-5-14-12(15-9)8-2-3-10(16)11(17)6-8/h2-6,13,16-17H,7H2,1H3. The Balaban J connectivity index is 2.38. The molecule has 0 amide bonds. The number of hydrogen-bond donors (Lipinski definition) is 3. The first-order valence-electron chi connectivity index (χ1n) is 5.19. The zero-order valence-corrected chi connectivity index (χ0v) is 9.38. The van der Waals surface area contributed by atoms with Gasteiger partial charge in [0.2, 0.25) is 0 Å². The Kier molecular flexibility index (Phi) is 3.20. The van der Waals surface area contributed by atoms with E-state index in [0.29, 0.717) is 17.9 Å². The first-order valence-corrected chi connectivity index (χ1v) is 5.19. The molecule has 5 heteroatoms. The van der Waals surface area contributed by atoms with E-state index >= 15 is 0 Å². The summed E-state index contributed by atoms with van der Waals surface area (Å²) in [6.07, 6.45) is 1.67. The van der Waals surface area contributed by atoms with Crippen LogP contribution in [-0.2, 0) is 6.54 Å². The third-order valence-corrected chi connectivity index (χ3v) is 2.30. The molecule has 0 atom stereocenters. The molecule has 3 N–H and O–H groups in total. The minimum Gasteiger partial charge on any atom is -0.504 e. The van der Waals surface area contributed by atoms with Gasteiger partial charge in [-0.15, -0.1) is 0 Å². The highest BCUT2D eigenvalue weighted by molar-refractivity contribution is 5.60. The largest absolute Gasteiger partial charge is 0.504 e. The average Bonchev–Trinajstić information content (AvgIpc) is 2.33. The van der Waals surface area contributed by atoms with E-state index < -0.39 is 0 Å². The van der Waals surface area contributed by atoms with Gasteiger partial charge in [-0.05, 0) is 31.3 Å². The van der Waals surface area contributed by atoms with Crippen LogP contribution in [-0.4, -0.2) is 27.2 Å². The van der Waals surface area contributed by atoms with Crippen molar-refractivity contribution in [3.8, 4) is 22.9 Å². The topological polar surface area (TPSA) is 78.3 Å². The number of aromatic hydroxyl groups is 2. The van der Waals surface area contributed by atoms with Gasteiger partial charge in [-0.3, -0.25) is 0 Å². The first-order chi connectivity index (χ1) is 8.20. The summed E-state index contributed by atoms with van der Waals surface area (Å²) in [4.78, 5) is 8.47. The third-order valence-electron chi connectivity index (χ3n) is 2.30. The SMILES string of the molecule is CNCc1ccnc(-c2ccc(O)c(O)c2)n1. The molecule has 17 heavy (non-hydrogen) atoms. The molecule has 2 rings (SSSR count). The van der Waals surface area contributed by atoms with E-state index in [4.69, 9.17) is 0 Å². The van der Waals surface area contributed by atoms with Crippen LogP contribution < -0.4 is 5.32 Å². The third kappa shape index (κ3) is 2.51. The van der Waals surface area contributed by atoms with Crippen molar-refractivity contribution in [1.29, 1.82) is 0 Å². The molecule has 0 bridgehead atoms. The minimum atomic E-state index is -0.176. The molecular weight excluding hydrogens is 218 g/mol. The Hall–Kier alpha value is -2.14. The van der Waals surface area contributed by atoms with Crippen LogP contribution in [0.25, 0.3) is 11.4 Å². The van der Waals surface area contributed by atoms with Gasteiger partial charge >= 0.3 is 0 Å². The monoisotopic (exact) mass is 231 g/mol. The van der Waals surface area contributed by atoms with Crippen molar-refractivity contribution >= 4 is 0 Å². The summed E-state index contributed by atoms with van der Waals surface area (Å²) < 4.78 is 0. The van der Waals surface area contributed by atoms with Gasteiger partial charge in [0.05, 0.1) is 5.69 Å². The lowest BCUT2D eigenvalue weighted by molar-refractivity contribution is 0.404. The molecule has 0 aliphatic carbocycles. The van der Waals surface area contributed by atoms with Gasteiger partial charge in [-0.1, -0.05) is 0 Å². The quantitative estimate of drug-likeness (QED) is 0.693. The number of benzene rings is 1. The highest BCUT2D eigenvalue weighted by atomic mass is 16.3. The zero-order valence-electron chi connectivity index (χ0n) is 9.38. The molecule has 1 heterocycles. The normalized spacial score (nSPS) is 10.4. The van der Waals surface area contributed by atoms with E-state index in [1.165, 1.54) is 12.1 Å². The number of nitrogens with zero attached hydrogens (tertiary/aromatic N) is 2. The average molecular weight is 231 g/mol. The summed E-state index contributed by atoms with van der Waals surface area (Å²) in [5.41, 5.74) is 1.53. The highest BCUT2D eigenvalue weighted by Crippen LogP contribution is 2.28. The van der Waals surface area contributed by atoms with E-state index in [1.54, 1.807) is 12.3 Å². The lowest BCUT2D eigenvalue weighted by atomic mass is 10.2. The van der Waals surface area contributed by atoms with E-state index in [1.807, 2.05) is 13.1 Å². The second kappa shape index (κ2) is 4.80. The van der Waals surface area contributed by atoms with Gasteiger partial charge < -0.3 is 15.5 Å². The van der Waals surface area contributed by atoms with Crippen LogP contribution in [0.15, 0.2) is 30.5 Å². The molecule has 88 valence electrons. The molecule has 0 radical (unpaired) electrons. The molecule has 0 saturated heterocycles. The first kappa shape index (κ1) is 11.3. The van der Waals surface area contributed by atoms with Crippen LogP contribution in [0, 0.1) is 0 Å². The maximum atomic E-state index is 9.42. The zero-order chi connectivity index (χ0) is 12.3. The van der Waals surface area contributed by atoms with Gasteiger partial charge in [0, 0.05) is 18.3 Å². The number of phenols is 2. The lowest BCUT2D eigenvalue weighted by Gasteiger charge is -2.04. The molecule has 1 aromatic heterocycles.